The molecule has 1 atom stereocenters. The number of aliphatic hydroxyl groups is 1. The van der Waals surface area contributed by atoms with Gasteiger partial charge in [-0.2, -0.15) is 0 Å². The predicted molar refractivity (Wildman–Crippen MR) is 63.3 cm³/mol. The molecule has 0 aliphatic rings. The van der Waals surface area contributed by atoms with E-state index in [0.717, 1.165) is 5.56 Å². The summed E-state index contributed by atoms with van der Waals surface area (Å²) in [5.74, 6) is -0.505. The van der Waals surface area contributed by atoms with Gasteiger partial charge in [-0.05, 0) is 5.56 Å². The summed E-state index contributed by atoms with van der Waals surface area (Å²) in [6.07, 6.45) is 0. The molecule has 4 nitrogen and oxygen atoms in total. The third kappa shape index (κ3) is 6.04. The minimum absolute atomic E-state index is 0.0535. The molecular formula is C13H18O4. The van der Waals surface area contributed by atoms with E-state index in [9.17, 15) is 4.79 Å². The first-order valence-corrected chi connectivity index (χ1v) is 5.58. The van der Waals surface area contributed by atoms with Crippen molar-refractivity contribution < 1.29 is 19.4 Å². The van der Waals surface area contributed by atoms with Gasteiger partial charge in [0.25, 0.3) is 0 Å². The van der Waals surface area contributed by atoms with E-state index in [0.29, 0.717) is 13.2 Å². The zero-order chi connectivity index (χ0) is 12.5. The number of esters is 1. The number of hydrogen-bond donors (Lipinski definition) is 1. The van der Waals surface area contributed by atoms with Crippen LogP contribution >= 0.6 is 0 Å². The smallest absolute Gasteiger partial charge is 0.302 e. The maximum atomic E-state index is 10.6. The van der Waals surface area contributed by atoms with Crippen molar-refractivity contribution in [2.75, 3.05) is 19.8 Å². The van der Waals surface area contributed by atoms with Gasteiger partial charge in [-0.1, -0.05) is 30.3 Å². The molecule has 1 rings (SSSR count). The van der Waals surface area contributed by atoms with Gasteiger partial charge >= 0.3 is 5.97 Å². The standard InChI is InChI=1S/C13H18O4/c1-11(15)17-10-13(7-14)9-16-8-12-5-3-2-4-6-12/h2-6,13-14H,7-10H2,1H3/t13-/m0/s1. The van der Waals surface area contributed by atoms with Crippen molar-refractivity contribution >= 4 is 5.97 Å². The molecule has 0 bridgehead atoms. The topological polar surface area (TPSA) is 55.8 Å². The third-order valence-corrected chi connectivity index (χ3v) is 2.25. The molecule has 0 amide bonds. The average Bonchev–Trinajstić information content (AvgIpc) is 2.34. The molecule has 0 fully saturated rings. The van der Waals surface area contributed by atoms with Crippen LogP contribution in [0.25, 0.3) is 0 Å². The van der Waals surface area contributed by atoms with E-state index < -0.39 is 0 Å². The van der Waals surface area contributed by atoms with E-state index in [1.807, 2.05) is 30.3 Å². The summed E-state index contributed by atoms with van der Waals surface area (Å²) < 4.78 is 10.3. The van der Waals surface area contributed by atoms with E-state index >= 15 is 0 Å². The van der Waals surface area contributed by atoms with Crippen molar-refractivity contribution in [3.63, 3.8) is 0 Å². The van der Waals surface area contributed by atoms with Crippen LogP contribution in [0.5, 0.6) is 0 Å². The molecule has 0 saturated carbocycles. The van der Waals surface area contributed by atoms with Crippen LogP contribution in [0.3, 0.4) is 0 Å². The van der Waals surface area contributed by atoms with Gasteiger partial charge < -0.3 is 14.6 Å². The molecule has 0 saturated heterocycles. The Bertz CT molecular complexity index is 323. The second kappa shape index (κ2) is 7.81. The Balaban J connectivity index is 2.21. The molecule has 17 heavy (non-hydrogen) atoms. The lowest BCUT2D eigenvalue weighted by molar-refractivity contribution is -0.143. The van der Waals surface area contributed by atoms with Crippen LogP contribution < -0.4 is 0 Å². The number of benzene rings is 1. The highest BCUT2D eigenvalue weighted by Gasteiger charge is 2.09. The van der Waals surface area contributed by atoms with Crippen LogP contribution in [-0.2, 0) is 20.9 Å². The monoisotopic (exact) mass is 238 g/mol. The molecule has 4 heteroatoms. The van der Waals surface area contributed by atoms with Crippen molar-refractivity contribution in [1.82, 2.24) is 0 Å². The molecule has 0 heterocycles. The van der Waals surface area contributed by atoms with E-state index in [1.54, 1.807) is 0 Å². The van der Waals surface area contributed by atoms with Gasteiger partial charge in [0.05, 0.1) is 26.4 Å². The average molecular weight is 238 g/mol. The number of hydrogen-bond acceptors (Lipinski definition) is 4. The minimum Gasteiger partial charge on any atom is -0.465 e. The van der Waals surface area contributed by atoms with Crippen LogP contribution in [-0.4, -0.2) is 30.9 Å². The molecule has 0 aliphatic carbocycles. The van der Waals surface area contributed by atoms with Crippen LogP contribution in [0.4, 0.5) is 0 Å². The highest BCUT2D eigenvalue weighted by Crippen LogP contribution is 2.04. The second-order valence-electron chi connectivity index (χ2n) is 3.85. The fourth-order valence-electron chi connectivity index (χ4n) is 1.31. The normalized spacial score (nSPS) is 12.1. The van der Waals surface area contributed by atoms with E-state index in [-0.39, 0.29) is 25.1 Å². The fraction of sp³-hybridized carbons (Fsp3) is 0.462. The van der Waals surface area contributed by atoms with Gasteiger partial charge in [-0.25, -0.2) is 0 Å². The third-order valence-electron chi connectivity index (χ3n) is 2.25. The number of carbonyl (C=O) groups is 1. The highest BCUT2D eigenvalue weighted by atomic mass is 16.5. The SMILES string of the molecule is CC(=O)OC[C@@H](CO)COCc1ccccc1. The Morgan fingerprint density at radius 3 is 2.59 bits per heavy atom. The number of aliphatic hydroxyl groups excluding tert-OH is 1. The van der Waals surface area contributed by atoms with Crippen molar-refractivity contribution in [3.8, 4) is 0 Å². The lowest BCUT2D eigenvalue weighted by atomic mass is 10.2. The van der Waals surface area contributed by atoms with Crippen molar-refractivity contribution in [1.29, 1.82) is 0 Å². The Hall–Kier alpha value is -1.39. The Labute approximate surface area is 101 Å². The van der Waals surface area contributed by atoms with E-state index in [4.69, 9.17) is 14.6 Å². The molecule has 1 aromatic carbocycles. The Morgan fingerprint density at radius 2 is 2.00 bits per heavy atom. The van der Waals surface area contributed by atoms with Gasteiger partial charge in [-0.3, -0.25) is 4.79 Å². The van der Waals surface area contributed by atoms with Crippen LogP contribution in [0.2, 0.25) is 0 Å². The second-order valence-corrected chi connectivity index (χ2v) is 3.85. The van der Waals surface area contributed by atoms with Crippen molar-refractivity contribution in [3.05, 3.63) is 35.9 Å². The molecular weight excluding hydrogens is 220 g/mol. The maximum absolute atomic E-state index is 10.6. The minimum atomic E-state index is -0.341. The first kappa shape index (κ1) is 13.7. The molecule has 1 aromatic rings. The predicted octanol–water partition coefficient (Wildman–Crippen LogP) is 1.37. The summed E-state index contributed by atoms with van der Waals surface area (Å²) in [7, 11) is 0. The molecule has 0 unspecified atom stereocenters. The molecule has 0 aromatic heterocycles. The fourth-order valence-corrected chi connectivity index (χ4v) is 1.31. The van der Waals surface area contributed by atoms with Crippen LogP contribution in [0.15, 0.2) is 30.3 Å². The summed E-state index contributed by atoms with van der Waals surface area (Å²) in [4.78, 5) is 10.6. The Morgan fingerprint density at radius 1 is 1.29 bits per heavy atom. The molecule has 0 radical (unpaired) electrons. The molecule has 94 valence electrons. The maximum Gasteiger partial charge on any atom is 0.302 e. The van der Waals surface area contributed by atoms with Crippen molar-refractivity contribution in [2.45, 2.75) is 13.5 Å². The summed E-state index contributed by atoms with van der Waals surface area (Å²) >= 11 is 0. The number of ether oxygens (including phenoxy) is 2. The van der Waals surface area contributed by atoms with E-state index in [2.05, 4.69) is 0 Å². The van der Waals surface area contributed by atoms with E-state index in [1.165, 1.54) is 6.92 Å². The first-order valence-electron chi connectivity index (χ1n) is 5.58. The Kier molecular flexibility index (Phi) is 6.29. The van der Waals surface area contributed by atoms with Gasteiger partial charge in [-0.15, -0.1) is 0 Å². The summed E-state index contributed by atoms with van der Waals surface area (Å²) in [5, 5.41) is 9.06. The summed E-state index contributed by atoms with van der Waals surface area (Å²) in [6, 6.07) is 9.78. The largest absolute Gasteiger partial charge is 0.465 e. The summed E-state index contributed by atoms with van der Waals surface area (Å²) in [6.45, 7) is 2.36. The lowest BCUT2D eigenvalue weighted by Gasteiger charge is -2.14. The van der Waals surface area contributed by atoms with Crippen molar-refractivity contribution in [2.24, 2.45) is 5.92 Å². The van der Waals surface area contributed by atoms with Gasteiger partial charge in [0.1, 0.15) is 0 Å². The number of rotatable bonds is 7. The summed E-state index contributed by atoms with van der Waals surface area (Å²) in [5.41, 5.74) is 1.08. The number of carbonyl (C=O) groups excluding carboxylic acids is 1. The molecule has 0 spiro atoms. The highest BCUT2D eigenvalue weighted by molar-refractivity contribution is 5.65. The first-order chi connectivity index (χ1) is 8.22. The zero-order valence-corrected chi connectivity index (χ0v) is 9.96. The zero-order valence-electron chi connectivity index (χ0n) is 9.96. The quantitative estimate of drug-likeness (QED) is 0.729. The molecule has 0 aliphatic heterocycles. The van der Waals surface area contributed by atoms with Gasteiger partial charge in [0, 0.05) is 12.8 Å². The van der Waals surface area contributed by atoms with Gasteiger partial charge in [0.2, 0.25) is 0 Å². The lowest BCUT2D eigenvalue weighted by Crippen LogP contribution is -2.21. The van der Waals surface area contributed by atoms with Gasteiger partial charge in [0.15, 0.2) is 0 Å². The van der Waals surface area contributed by atoms with Crippen LogP contribution in [0, 0.1) is 5.92 Å². The molecule has 1 N–H and O–H groups in total. The van der Waals surface area contributed by atoms with Crippen LogP contribution in [0.1, 0.15) is 12.5 Å².